The second-order valence-electron chi connectivity index (χ2n) is 9.18. The van der Waals surface area contributed by atoms with E-state index in [-0.39, 0.29) is 5.91 Å². The number of fused-ring (bicyclic) bond motifs is 2. The number of amides is 1. The second kappa shape index (κ2) is 8.88. The maximum absolute atomic E-state index is 13.2. The first-order valence-corrected chi connectivity index (χ1v) is 11.9. The van der Waals surface area contributed by atoms with Gasteiger partial charge in [-0.05, 0) is 80.5 Å². The lowest BCUT2D eigenvalue weighted by Gasteiger charge is -2.29. The van der Waals surface area contributed by atoms with Crippen molar-refractivity contribution in [1.29, 1.82) is 0 Å². The topological polar surface area (TPSA) is 102 Å². The highest BCUT2D eigenvalue weighted by Gasteiger charge is 2.18. The molecule has 35 heavy (non-hydrogen) atoms. The number of hydrogen-bond donors (Lipinski definition) is 4. The van der Waals surface area contributed by atoms with E-state index in [1.54, 1.807) is 12.3 Å². The number of anilines is 2. The largest absolute Gasteiger partial charge is 0.367 e. The van der Waals surface area contributed by atoms with Crippen molar-refractivity contribution in [3.05, 3.63) is 72.7 Å². The third kappa shape index (κ3) is 4.24. The van der Waals surface area contributed by atoms with Gasteiger partial charge in [-0.15, -0.1) is 0 Å². The lowest BCUT2D eigenvalue weighted by molar-refractivity contribution is 0.102. The molecule has 1 aliphatic heterocycles. The van der Waals surface area contributed by atoms with Gasteiger partial charge in [0, 0.05) is 28.5 Å². The van der Waals surface area contributed by atoms with Gasteiger partial charge in [0.05, 0.1) is 17.4 Å². The molecule has 2 aromatic carbocycles. The van der Waals surface area contributed by atoms with Gasteiger partial charge in [0.15, 0.2) is 0 Å². The summed E-state index contributed by atoms with van der Waals surface area (Å²) in [4.78, 5) is 23.4. The smallest absolute Gasteiger partial charge is 0.274 e. The van der Waals surface area contributed by atoms with Crippen LogP contribution >= 0.6 is 0 Å². The molecule has 6 rings (SSSR count). The standard InChI is InChI=1S/C27H27N7O/c1-34-12-9-18(10-13-34)30-26-7-3-6-23(31-26)27(35)32-24-14-17(15-25-21(24)16-29-33-25)19-4-2-5-22-20(19)8-11-28-22/h2-8,11,14-16,18,28H,9-10,12-13H2,1H3,(H,29,33)(H,30,31)(H,32,35). The number of nitrogens with zero attached hydrogens (tertiary/aromatic N) is 3. The Balaban J connectivity index is 1.28. The number of benzene rings is 2. The maximum atomic E-state index is 13.2. The molecule has 0 unspecified atom stereocenters. The minimum absolute atomic E-state index is 0.253. The van der Waals surface area contributed by atoms with Gasteiger partial charge in [-0.3, -0.25) is 9.89 Å². The predicted octanol–water partition coefficient (Wildman–Crippen LogP) is 4.86. The fourth-order valence-corrected chi connectivity index (χ4v) is 4.84. The molecule has 1 saturated heterocycles. The highest BCUT2D eigenvalue weighted by Crippen LogP contribution is 2.34. The van der Waals surface area contributed by atoms with E-state index in [0.29, 0.717) is 17.4 Å². The van der Waals surface area contributed by atoms with Crippen LogP contribution in [0.2, 0.25) is 0 Å². The van der Waals surface area contributed by atoms with Crippen molar-refractivity contribution in [2.75, 3.05) is 30.8 Å². The van der Waals surface area contributed by atoms with E-state index < -0.39 is 0 Å². The van der Waals surface area contributed by atoms with Crippen LogP contribution in [-0.4, -0.2) is 57.2 Å². The average molecular weight is 466 g/mol. The van der Waals surface area contributed by atoms with Crippen LogP contribution in [0.1, 0.15) is 23.3 Å². The molecule has 0 spiro atoms. The number of pyridine rings is 1. The van der Waals surface area contributed by atoms with Gasteiger partial charge in [-0.25, -0.2) is 4.98 Å². The first kappa shape index (κ1) is 21.4. The van der Waals surface area contributed by atoms with Gasteiger partial charge < -0.3 is 20.5 Å². The molecule has 1 amide bonds. The van der Waals surface area contributed by atoms with E-state index in [4.69, 9.17) is 0 Å². The van der Waals surface area contributed by atoms with Crippen molar-refractivity contribution < 1.29 is 4.79 Å². The molecule has 8 nitrogen and oxygen atoms in total. The SMILES string of the molecule is CN1CCC(Nc2cccc(C(=O)Nc3cc(-c4cccc5[nH]ccc45)cc4[nH]ncc34)n2)CC1. The minimum atomic E-state index is -0.253. The van der Waals surface area contributed by atoms with Gasteiger partial charge in [0.25, 0.3) is 5.91 Å². The minimum Gasteiger partial charge on any atom is -0.367 e. The summed E-state index contributed by atoms with van der Waals surface area (Å²) in [5.41, 5.74) is 5.06. The van der Waals surface area contributed by atoms with Crippen molar-refractivity contribution in [3.8, 4) is 11.1 Å². The second-order valence-corrected chi connectivity index (χ2v) is 9.18. The number of piperidine rings is 1. The number of aromatic amines is 2. The summed E-state index contributed by atoms with van der Waals surface area (Å²) in [5.74, 6) is 0.477. The Labute approximate surface area is 202 Å². The molecule has 4 heterocycles. The summed E-state index contributed by atoms with van der Waals surface area (Å²) in [6.45, 7) is 2.12. The molecule has 0 bridgehead atoms. The highest BCUT2D eigenvalue weighted by molar-refractivity contribution is 6.09. The zero-order valence-electron chi connectivity index (χ0n) is 19.5. The summed E-state index contributed by atoms with van der Waals surface area (Å²) >= 11 is 0. The molecule has 8 heteroatoms. The molecule has 0 aliphatic carbocycles. The lowest BCUT2D eigenvalue weighted by Crippen LogP contribution is -2.36. The van der Waals surface area contributed by atoms with Crippen LogP contribution in [0, 0.1) is 0 Å². The number of rotatable bonds is 5. The number of nitrogens with one attached hydrogen (secondary N) is 4. The van der Waals surface area contributed by atoms with Gasteiger partial charge in [-0.1, -0.05) is 18.2 Å². The van der Waals surface area contributed by atoms with Crippen LogP contribution in [0.5, 0.6) is 0 Å². The molecule has 1 aliphatic rings. The molecule has 0 saturated carbocycles. The summed E-state index contributed by atoms with van der Waals surface area (Å²) in [6, 6.07) is 18.2. The number of carbonyl (C=O) groups excluding carboxylic acids is 1. The molecule has 4 N–H and O–H groups in total. The van der Waals surface area contributed by atoms with E-state index in [0.717, 1.165) is 64.7 Å². The molecule has 3 aromatic heterocycles. The zero-order chi connectivity index (χ0) is 23.8. The van der Waals surface area contributed by atoms with Gasteiger partial charge in [0.2, 0.25) is 0 Å². The Morgan fingerprint density at radius 3 is 2.77 bits per heavy atom. The number of aromatic nitrogens is 4. The third-order valence-electron chi connectivity index (χ3n) is 6.77. The summed E-state index contributed by atoms with van der Waals surface area (Å²) < 4.78 is 0. The van der Waals surface area contributed by atoms with Crippen LogP contribution in [0.4, 0.5) is 11.5 Å². The predicted molar refractivity (Wildman–Crippen MR) is 140 cm³/mol. The van der Waals surface area contributed by atoms with E-state index >= 15 is 0 Å². The van der Waals surface area contributed by atoms with Crippen LogP contribution < -0.4 is 10.6 Å². The van der Waals surface area contributed by atoms with Crippen molar-refractivity contribution in [1.82, 2.24) is 25.1 Å². The first-order valence-electron chi connectivity index (χ1n) is 11.9. The quantitative estimate of drug-likeness (QED) is 0.297. The Morgan fingerprint density at radius 2 is 1.89 bits per heavy atom. The zero-order valence-corrected chi connectivity index (χ0v) is 19.5. The molecule has 5 aromatic rings. The molecule has 0 atom stereocenters. The van der Waals surface area contributed by atoms with Gasteiger partial charge in [0.1, 0.15) is 11.5 Å². The van der Waals surface area contributed by atoms with Gasteiger partial charge >= 0.3 is 0 Å². The molecule has 176 valence electrons. The van der Waals surface area contributed by atoms with Crippen molar-refractivity contribution in [3.63, 3.8) is 0 Å². The van der Waals surface area contributed by atoms with Crippen molar-refractivity contribution in [2.24, 2.45) is 0 Å². The number of H-pyrrole nitrogens is 2. The average Bonchev–Trinajstić information content (AvgIpc) is 3.55. The summed E-state index contributed by atoms with van der Waals surface area (Å²) in [5, 5.41) is 15.8. The molecular formula is C27H27N7O. The fourth-order valence-electron chi connectivity index (χ4n) is 4.84. The monoisotopic (exact) mass is 465 g/mol. The molecule has 1 fully saturated rings. The van der Waals surface area contributed by atoms with Crippen LogP contribution in [0.25, 0.3) is 32.9 Å². The molecular weight excluding hydrogens is 438 g/mol. The number of hydrogen-bond acceptors (Lipinski definition) is 5. The van der Waals surface area contributed by atoms with Crippen LogP contribution in [0.15, 0.2) is 67.0 Å². The third-order valence-corrected chi connectivity index (χ3v) is 6.77. The number of likely N-dealkylation sites (tertiary alicyclic amines) is 1. The molecule has 0 radical (unpaired) electrons. The van der Waals surface area contributed by atoms with Crippen LogP contribution in [0.3, 0.4) is 0 Å². The Morgan fingerprint density at radius 1 is 1.03 bits per heavy atom. The van der Waals surface area contributed by atoms with E-state index in [1.165, 1.54) is 0 Å². The Hall–Kier alpha value is -4.17. The Bertz CT molecular complexity index is 1510. The van der Waals surface area contributed by atoms with Gasteiger partial charge in [-0.2, -0.15) is 5.10 Å². The Kier molecular flexibility index (Phi) is 5.42. The summed E-state index contributed by atoms with van der Waals surface area (Å²) in [6.07, 6.45) is 5.79. The van der Waals surface area contributed by atoms with E-state index in [1.807, 2.05) is 30.5 Å². The summed E-state index contributed by atoms with van der Waals surface area (Å²) in [7, 11) is 2.14. The first-order chi connectivity index (χ1) is 17.1. The van der Waals surface area contributed by atoms with E-state index in [9.17, 15) is 4.79 Å². The maximum Gasteiger partial charge on any atom is 0.274 e. The fraction of sp³-hybridized carbons (Fsp3) is 0.222. The normalized spacial score (nSPS) is 15.0. The van der Waals surface area contributed by atoms with E-state index in [2.05, 4.69) is 67.0 Å². The van der Waals surface area contributed by atoms with Crippen molar-refractivity contribution in [2.45, 2.75) is 18.9 Å². The van der Waals surface area contributed by atoms with Crippen molar-refractivity contribution >= 4 is 39.2 Å². The van der Waals surface area contributed by atoms with Crippen LogP contribution in [-0.2, 0) is 0 Å². The number of carbonyl (C=O) groups is 1. The lowest BCUT2D eigenvalue weighted by atomic mass is 9.99. The highest BCUT2D eigenvalue weighted by atomic mass is 16.1.